The van der Waals surface area contributed by atoms with Gasteiger partial charge in [-0.15, -0.1) is 0 Å². The van der Waals surface area contributed by atoms with E-state index in [0.717, 1.165) is 57.8 Å². The molecule has 4 nitrogen and oxygen atoms in total. The van der Waals surface area contributed by atoms with Crippen LogP contribution in [-0.2, 0) is 19.1 Å². The van der Waals surface area contributed by atoms with Gasteiger partial charge in [-0.25, -0.2) is 0 Å². The standard InChI is InChI=1S/C31H56O4/c1-9-22(20-34-28(32)24-15-11-13-17-26(24)30(3,4)5)19-23(10-2)21-35-29(33)25-16-12-14-18-27(25)31(6,7)8/h22-27H,9-21H2,1-8H3. The van der Waals surface area contributed by atoms with Crippen LogP contribution in [0.4, 0.5) is 0 Å². The van der Waals surface area contributed by atoms with Gasteiger partial charge >= 0.3 is 11.9 Å². The third kappa shape index (κ3) is 9.08. The molecule has 35 heavy (non-hydrogen) atoms. The Morgan fingerprint density at radius 3 is 1.31 bits per heavy atom. The van der Waals surface area contributed by atoms with Gasteiger partial charge in [-0.1, -0.05) is 93.9 Å². The summed E-state index contributed by atoms with van der Waals surface area (Å²) in [7, 11) is 0. The van der Waals surface area contributed by atoms with Crippen molar-refractivity contribution in [1.82, 2.24) is 0 Å². The monoisotopic (exact) mass is 492 g/mol. The lowest BCUT2D eigenvalue weighted by atomic mass is 9.66. The van der Waals surface area contributed by atoms with Crippen LogP contribution in [0.2, 0.25) is 0 Å². The lowest BCUT2D eigenvalue weighted by molar-refractivity contribution is -0.156. The second-order valence-corrected chi connectivity index (χ2v) is 13.8. The molecular formula is C31H56O4. The molecule has 0 heterocycles. The highest BCUT2D eigenvalue weighted by Crippen LogP contribution is 2.43. The van der Waals surface area contributed by atoms with E-state index in [2.05, 4.69) is 55.4 Å². The predicted molar refractivity (Wildman–Crippen MR) is 144 cm³/mol. The van der Waals surface area contributed by atoms with Gasteiger partial charge in [-0.3, -0.25) is 9.59 Å². The average molecular weight is 493 g/mol. The number of hydrogen-bond donors (Lipinski definition) is 0. The summed E-state index contributed by atoms with van der Waals surface area (Å²) in [6, 6.07) is 0. The third-order valence-corrected chi connectivity index (χ3v) is 9.11. The van der Waals surface area contributed by atoms with Gasteiger partial charge in [-0.2, -0.15) is 0 Å². The Hall–Kier alpha value is -1.06. The fourth-order valence-corrected chi connectivity index (χ4v) is 6.69. The summed E-state index contributed by atoms with van der Waals surface area (Å²) < 4.78 is 11.9. The second-order valence-electron chi connectivity index (χ2n) is 13.8. The van der Waals surface area contributed by atoms with Gasteiger partial charge in [0.15, 0.2) is 0 Å². The first-order valence-corrected chi connectivity index (χ1v) is 14.7. The van der Waals surface area contributed by atoms with Crippen LogP contribution in [0.5, 0.6) is 0 Å². The molecule has 0 aliphatic heterocycles. The Morgan fingerprint density at radius 1 is 0.657 bits per heavy atom. The largest absolute Gasteiger partial charge is 0.465 e. The third-order valence-electron chi connectivity index (χ3n) is 9.11. The highest BCUT2D eigenvalue weighted by Gasteiger charge is 2.40. The maximum atomic E-state index is 13.0. The molecule has 2 saturated carbocycles. The molecule has 0 aromatic heterocycles. The van der Waals surface area contributed by atoms with Crippen LogP contribution >= 0.6 is 0 Å². The van der Waals surface area contributed by atoms with Gasteiger partial charge in [0, 0.05) is 0 Å². The summed E-state index contributed by atoms with van der Waals surface area (Å²) in [4.78, 5) is 26.1. The average Bonchev–Trinajstić information content (AvgIpc) is 2.82. The first-order chi connectivity index (χ1) is 16.4. The molecular weight excluding hydrogens is 436 g/mol. The lowest BCUT2D eigenvalue weighted by Gasteiger charge is -2.39. The Kier molecular flexibility index (Phi) is 11.6. The molecule has 0 spiro atoms. The van der Waals surface area contributed by atoms with E-state index in [1.165, 1.54) is 12.8 Å². The molecule has 0 amide bonds. The minimum absolute atomic E-state index is 0.00747. The number of ether oxygens (including phenoxy) is 2. The van der Waals surface area contributed by atoms with E-state index in [-0.39, 0.29) is 34.6 Å². The van der Waals surface area contributed by atoms with Crippen LogP contribution < -0.4 is 0 Å². The SMILES string of the molecule is CCC(COC(=O)C1CCCCC1C(C)(C)C)CC(CC)COC(=O)C1CCCCC1C(C)(C)C. The van der Waals surface area contributed by atoms with Crippen molar-refractivity contribution in [2.24, 2.45) is 46.3 Å². The zero-order valence-electron chi connectivity index (χ0n) is 24.3. The smallest absolute Gasteiger partial charge is 0.309 e. The molecule has 0 bridgehead atoms. The molecule has 2 aliphatic rings. The molecule has 0 aromatic carbocycles. The van der Waals surface area contributed by atoms with E-state index in [9.17, 15) is 9.59 Å². The molecule has 2 rings (SSSR count). The van der Waals surface area contributed by atoms with Gasteiger partial charge in [0.05, 0.1) is 25.0 Å². The topological polar surface area (TPSA) is 52.6 Å². The minimum atomic E-state index is 0.00747. The first-order valence-electron chi connectivity index (χ1n) is 14.7. The number of rotatable bonds is 10. The van der Waals surface area contributed by atoms with Crippen molar-refractivity contribution >= 4 is 11.9 Å². The normalized spacial score (nSPS) is 27.7. The number of carbonyl (C=O) groups excluding carboxylic acids is 2. The molecule has 0 aromatic rings. The van der Waals surface area contributed by atoms with E-state index >= 15 is 0 Å². The van der Waals surface area contributed by atoms with Gasteiger partial charge in [-0.05, 0) is 66.6 Å². The van der Waals surface area contributed by atoms with E-state index in [1.807, 2.05) is 0 Å². The van der Waals surface area contributed by atoms with Crippen LogP contribution in [0.15, 0.2) is 0 Å². The van der Waals surface area contributed by atoms with Crippen molar-refractivity contribution < 1.29 is 19.1 Å². The molecule has 0 saturated heterocycles. The summed E-state index contributed by atoms with van der Waals surface area (Å²) in [6.07, 6.45) is 11.8. The lowest BCUT2D eigenvalue weighted by Crippen LogP contribution is -2.37. The van der Waals surface area contributed by atoms with Crippen molar-refractivity contribution in [1.29, 1.82) is 0 Å². The van der Waals surface area contributed by atoms with E-state index in [0.29, 0.717) is 36.9 Å². The van der Waals surface area contributed by atoms with Gasteiger partial charge in [0.2, 0.25) is 0 Å². The summed E-state index contributed by atoms with van der Waals surface area (Å²) in [5, 5.41) is 0. The quantitative estimate of drug-likeness (QED) is 0.288. The van der Waals surface area contributed by atoms with Crippen molar-refractivity contribution in [3.8, 4) is 0 Å². The molecule has 2 fully saturated rings. The Bertz CT molecular complexity index is 600. The predicted octanol–water partition coefficient (Wildman–Crippen LogP) is 8.22. The van der Waals surface area contributed by atoms with E-state index in [4.69, 9.17) is 9.47 Å². The fourth-order valence-electron chi connectivity index (χ4n) is 6.69. The first kappa shape index (κ1) is 30.2. The molecule has 204 valence electrons. The number of esters is 2. The Labute approximate surface area is 216 Å². The molecule has 4 heteroatoms. The van der Waals surface area contributed by atoms with Gasteiger partial charge in [0.1, 0.15) is 0 Å². The zero-order valence-corrected chi connectivity index (χ0v) is 24.3. The number of carbonyl (C=O) groups is 2. The van der Waals surface area contributed by atoms with Crippen LogP contribution in [0.3, 0.4) is 0 Å². The van der Waals surface area contributed by atoms with Crippen LogP contribution in [0, 0.1) is 46.3 Å². The summed E-state index contributed by atoms with van der Waals surface area (Å²) in [6.45, 7) is 18.8. The minimum Gasteiger partial charge on any atom is -0.465 e. The van der Waals surface area contributed by atoms with Crippen LogP contribution in [0.25, 0.3) is 0 Å². The van der Waals surface area contributed by atoms with Crippen molar-refractivity contribution in [3.63, 3.8) is 0 Å². The molecule has 6 unspecified atom stereocenters. The van der Waals surface area contributed by atoms with Crippen molar-refractivity contribution in [3.05, 3.63) is 0 Å². The van der Waals surface area contributed by atoms with Gasteiger partial charge < -0.3 is 9.47 Å². The maximum absolute atomic E-state index is 13.0. The Balaban J connectivity index is 1.86. The highest BCUT2D eigenvalue weighted by molar-refractivity contribution is 5.73. The molecule has 0 radical (unpaired) electrons. The van der Waals surface area contributed by atoms with Crippen LogP contribution in [0.1, 0.15) is 126 Å². The second kappa shape index (κ2) is 13.5. The van der Waals surface area contributed by atoms with E-state index in [1.54, 1.807) is 0 Å². The molecule has 0 N–H and O–H groups in total. The molecule has 6 atom stereocenters. The van der Waals surface area contributed by atoms with Gasteiger partial charge in [0.25, 0.3) is 0 Å². The zero-order chi connectivity index (χ0) is 26.2. The number of hydrogen-bond acceptors (Lipinski definition) is 4. The summed E-state index contributed by atoms with van der Waals surface area (Å²) >= 11 is 0. The molecule has 2 aliphatic carbocycles. The summed E-state index contributed by atoms with van der Waals surface area (Å²) in [5.74, 6) is 1.53. The van der Waals surface area contributed by atoms with Crippen molar-refractivity contribution in [2.45, 2.75) is 126 Å². The van der Waals surface area contributed by atoms with Crippen LogP contribution in [-0.4, -0.2) is 25.2 Å². The highest BCUT2D eigenvalue weighted by atomic mass is 16.5. The van der Waals surface area contributed by atoms with E-state index < -0.39 is 0 Å². The van der Waals surface area contributed by atoms with Crippen molar-refractivity contribution in [2.75, 3.05) is 13.2 Å². The summed E-state index contributed by atoms with van der Waals surface area (Å²) in [5.41, 5.74) is 0.269. The fraction of sp³-hybridized carbons (Fsp3) is 0.935. The Morgan fingerprint density at radius 2 is 1.00 bits per heavy atom. The maximum Gasteiger partial charge on any atom is 0.309 e.